The van der Waals surface area contributed by atoms with Gasteiger partial charge in [0.15, 0.2) is 0 Å². The van der Waals surface area contributed by atoms with Gasteiger partial charge in [0.25, 0.3) is 0 Å². The van der Waals surface area contributed by atoms with Crippen LogP contribution in [0.3, 0.4) is 0 Å². The number of ether oxygens (including phenoxy) is 1. The molecule has 0 fully saturated rings. The summed E-state index contributed by atoms with van der Waals surface area (Å²) < 4.78 is 5.21. The summed E-state index contributed by atoms with van der Waals surface area (Å²) in [5.41, 5.74) is 3.87. The molecular weight excluding hydrogens is 394 g/mol. The highest BCUT2D eigenvalue weighted by Gasteiger charge is 2.09. The Balaban J connectivity index is 1.48. The van der Waals surface area contributed by atoms with Gasteiger partial charge < -0.3 is 15.2 Å². The number of rotatable bonds is 5. The molecule has 8 heteroatoms. The third-order valence-electron chi connectivity index (χ3n) is 4.39. The zero-order chi connectivity index (χ0) is 21.6. The summed E-state index contributed by atoms with van der Waals surface area (Å²) in [6.45, 7) is 1.94. The number of phenolic OH excluding ortho intramolecular Hbond substituents is 1. The fraction of sp³-hybridized carbons (Fsp3) is 0.0435. The number of carbonyl (C=O) groups is 1. The third-order valence-corrected chi connectivity index (χ3v) is 4.39. The molecular formula is C23H19N5O3. The minimum atomic E-state index is -0.643. The molecule has 8 nitrogen and oxygen atoms in total. The van der Waals surface area contributed by atoms with Crippen molar-refractivity contribution >= 4 is 23.4 Å². The van der Waals surface area contributed by atoms with Crippen LogP contribution >= 0.6 is 0 Å². The van der Waals surface area contributed by atoms with E-state index < -0.39 is 6.09 Å². The number of anilines is 3. The van der Waals surface area contributed by atoms with Crippen molar-refractivity contribution in [3.63, 3.8) is 0 Å². The van der Waals surface area contributed by atoms with Crippen LogP contribution in [0.2, 0.25) is 0 Å². The van der Waals surface area contributed by atoms with E-state index in [2.05, 4.69) is 25.6 Å². The molecule has 1 amide bonds. The molecule has 0 unspecified atom stereocenters. The van der Waals surface area contributed by atoms with Crippen molar-refractivity contribution in [1.29, 1.82) is 0 Å². The first-order valence-corrected chi connectivity index (χ1v) is 9.46. The molecule has 0 aliphatic carbocycles. The Bertz CT molecular complexity index is 1200. The normalized spacial score (nSPS) is 10.4. The van der Waals surface area contributed by atoms with Crippen molar-refractivity contribution in [2.75, 3.05) is 10.6 Å². The predicted octanol–water partition coefficient (Wildman–Crippen LogP) is 4.91. The van der Waals surface area contributed by atoms with Gasteiger partial charge >= 0.3 is 6.09 Å². The summed E-state index contributed by atoms with van der Waals surface area (Å²) in [6.07, 6.45) is 4.47. The Labute approximate surface area is 178 Å². The van der Waals surface area contributed by atoms with Gasteiger partial charge in [0.2, 0.25) is 5.95 Å². The van der Waals surface area contributed by atoms with Gasteiger partial charge in [-0.15, -0.1) is 0 Å². The van der Waals surface area contributed by atoms with Crippen LogP contribution in [0.5, 0.6) is 11.5 Å². The monoisotopic (exact) mass is 413 g/mol. The van der Waals surface area contributed by atoms with Gasteiger partial charge in [0, 0.05) is 35.5 Å². The van der Waals surface area contributed by atoms with Crippen molar-refractivity contribution in [2.45, 2.75) is 6.92 Å². The van der Waals surface area contributed by atoms with E-state index in [1.54, 1.807) is 30.7 Å². The molecule has 3 N–H and O–H groups in total. The zero-order valence-electron chi connectivity index (χ0n) is 16.6. The maximum atomic E-state index is 12.2. The summed E-state index contributed by atoms with van der Waals surface area (Å²) in [6, 6.07) is 16.9. The molecule has 2 aromatic carbocycles. The summed E-state index contributed by atoms with van der Waals surface area (Å²) >= 11 is 0. The third kappa shape index (κ3) is 5.13. The highest BCUT2D eigenvalue weighted by atomic mass is 16.6. The fourth-order valence-electron chi connectivity index (χ4n) is 2.81. The van der Waals surface area contributed by atoms with Gasteiger partial charge in [-0.3, -0.25) is 10.3 Å². The van der Waals surface area contributed by atoms with Gasteiger partial charge in [0.1, 0.15) is 11.5 Å². The van der Waals surface area contributed by atoms with Gasteiger partial charge in [-0.25, -0.2) is 14.8 Å². The standard InChI is InChI=1S/C23H19N5O3/c1-15-4-5-17(26-23(30)31-19-8-6-18(29)7-9-19)13-21(15)28-22-25-12-10-20(27-22)16-3-2-11-24-14-16/h2-14,29H,1H3,(H,26,30)(H,25,27,28). The van der Waals surface area contributed by atoms with Gasteiger partial charge in [-0.1, -0.05) is 6.07 Å². The van der Waals surface area contributed by atoms with E-state index in [1.807, 2.05) is 31.2 Å². The second-order valence-electron chi connectivity index (χ2n) is 6.67. The number of carbonyl (C=O) groups excluding carboxylic acids is 1. The lowest BCUT2D eigenvalue weighted by molar-refractivity contribution is 0.215. The first-order chi connectivity index (χ1) is 15.1. The number of nitrogens with zero attached hydrogens (tertiary/aromatic N) is 3. The van der Waals surface area contributed by atoms with E-state index in [9.17, 15) is 9.90 Å². The smallest absolute Gasteiger partial charge is 0.417 e. The molecule has 0 bridgehead atoms. The summed E-state index contributed by atoms with van der Waals surface area (Å²) in [5, 5.41) is 15.2. The van der Waals surface area contributed by atoms with Crippen LogP contribution < -0.4 is 15.4 Å². The average Bonchev–Trinajstić information content (AvgIpc) is 2.78. The lowest BCUT2D eigenvalue weighted by Crippen LogP contribution is -2.16. The van der Waals surface area contributed by atoms with Crippen molar-refractivity contribution in [3.05, 3.63) is 84.8 Å². The predicted molar refractivity (Wildman–Crippen MR) is 117 cm³/mol. The number of aromatic hydroxyl groups is 1. The lowest BCUT2D eigenvalue weighted by atomic mass is 10.2. The second kappa shape index (κ2) is 8.91. The molecule has 0 spiro atoms. The quantitative estimate of drug-likeness (QED) is 0.427. The summed E-state index contributed by atoms with van der Waals surface area (Å²) in [4.78, 5) is 25.1. The number of benzene rings is 2. The number of hydrogen-bond acceptors (Lipinski definition) is 7. The number of pyridine rings is 1. The molecule has 2 heterocycles. The van der Waals surface area contributed by atoms with Crippen LogP contribution in [0.15, 0.2) is 79.3 Å². The van der Waals surface area contributed by atoms with Crippen molar-refractivity contribution < 1.29 is 14.6 Å². The molecule has 4 aromatic rings. The number of hydrogen-bond donors (Lipinski definition) is 3. The Morgan fingerprint density at radius 2 is 1.87 bits per heavy atom. The Morgan fingerprint density at radius 3 is 2.65 bits per heavy atom. The van der Waals surface area contributed by atoms with E-state index in [1.165, 1.54) is 24.3 Å². The lowest BCUT2D eigenvalue weighted by Gasteiger charge is -2.12. The molecule has 2 aromatic heterocycles. The topological polar surface area (TPSA) is 109 Å². The number of aromatic nitrogens is 3. The maximum absolute atomic E-state index is 12.2. The Kier molecular flexibility index (Phi) is 5.70. The van der Waals surface area contributed by atoms with Crippen LogP contribution in [0.25, 0.3) is 11.3 Å². The molecule has 4 rings (SSSR count). The van der Waals surface area contributed by atoms with Gasteiger partial charge in [-0.2, -0.15) is 0 Å². The minimum absolute atomic E-state index is 0.0943. The molecule has 0 atom stereocenters. The Morgan fingerprint density at radius 1 is 1.03 bits per heavy atom. The van der Waals surface area contributed by atoms with Crippen LogP contribution in [0, 0.1) is 6.92 Å². The number of aryl methyl sites for hydroxylation is 1. The van der Waals surface area contributed by atoms with Crippen LogP contribution in [0.4, 0.5) is 22.1 Å². The highest BCUT2D eigenvalue weighted by Crippen LogP contribution is 2.24. The fourth-order valence-corrected chi connectivity index (χ4v) is 2.81. The maximum Gasteiger partial charge on any atom is 0.417 e. The average molecular weight is 413 g/mol. The van der Waals surface area contributed by atoms with E-state index in [4.69, 9.17) is 4.74 Å². The molecule has 154 valence electrons. The van der Waals surface area contributed by atoms with Crippen molar-refractivity contribution in [1.82, 2.24) is 15.0 Å². The van der Waals surface area contributed by atoms with Crippen LogP contribution in [-0.4, -0.2) is 26.2 Å². The largest absolute Gasteiger partial charge is 0.508 e. The van der Waals surface area contributed by atoms with E-state index >= 15 is 0 Å². The summed E-state index contributed by atoms with van der Waals surface area (Å²) in [7, 11) is 0. The molecule has 31 heavy (non-hydrogen) atoms. The summed E-state index contributed by atoms with van der Waals surface area (Å²) in [5.74, 6) is 0.839. The molecule has 0 saturated heterocycles. The molecule has 0 aliphatic rings. The van der Waals surface area contributed by atoms with Gasteiger partial charge in [-0.05, 0) is 67.1 Å². The van der Waals surface area contributed by atoms with E-state index in [0.717, 1.165) is 22.5 Å². The first-order valence-electron chi connectivity index (χ1n) is 9.46. The molecule has 0 aliphatic heterocycles. The first kappa shape index (κ1) is 19.8. The van der Waals surface area contributed by atoms with Crippen LogP contribution in [0.1, 0.15) is 5.56 Å². The number of phenols is 1. The van der Waals surface area contributed by atoms with Crippen molar-refractivity contribution in [2.24, 2.45) is 0 Å². The SMILES string of the molecule is Cc1ccc(NC(=O)Oc2ccc(O)cc2)cc1Nc1nccc(-c2cccnc2)n1. The minimum Gasteiger partial charge on any atom is -0.508 e. The highest BCUT2D eigenvalue weighted by molar-refractivity contribution is 5.87. The van der Waals surface area contributed by atoms with Crippen LogP contribution in [-0.2, 0) is 0 Å². The zero-order valence-corrected chi connectivity index (χ0v) is 16.6. The van der Waals surface area contributed by atoms with E-state index in [0.29, 0.717) is 17.4 Å². The van der Waals surface area contributed by atoms with Gasteiger partial charge in [0.05, 0.1) is 5.69 Å². The Hall–Kier alpha value is -4.46. The number of nitrogens with one attached hydrogen (secondary N) is 2. The molecule has 0 radical (unpaired) electrons. The second-order valence-corrected chi connectivity index (χ2v) is 6.67. The van der Waals surface area contributed by atoms with E-state index in [-0.39, 0.29) is 5.75 Å². The number of amides is 1. The molecule has 0 saturated carbocycles. The van der Waals surface area contributed by atoms with Crippen molar-refractivity contribution in [3.8, 4) is 22.8 Å².